The highest BCUT2D eigenvalue weighted by molar-refractivity contribution is 6.34. The molecular formula is C23H24ClFN4O. The fourth-order valence-corrected chi connectivity index (χ4v) is 4.83. The zero-order chi connectivity index (χ0) is 20.7. The van der Waals surface area contributed by atoms with Crippen molar-refractivity contribution < 1.29 is 9.13 Å². The van der Waals surface area contributed by atoms with E-state index in [2.05, 4.69) is 27.2 Å². The molecule has 0 atom stereocenters. The van der Waals surface area contributed by atoms with E-state index in [4.69, 9.17) is 16.3 Å². The van der Waals surface area contributed by atoms with Crippen molar-refractivity contribution in [2.75, 3.05) is 18.5 Å². The van der Waals surface area contributed by atoms with Crippen molar-refractivity contribution >= 4 is 29.1 Å². The van der Waals surface area contributed by atoms with Crippen molar-refractivity contribution in [3.63, 3.8) is 0 Å². The number of hydrogen-bond acceptors (Lipinski definition) is 4. The number of ether oxygens (including phenoxy) is 1. The van der Waals surface area contributed by atoms with Gasteiger partial charge in [-0.15, -0.1) is 0 Å². The van der Waals surface area contributed by atoms with Gasteiger partial charge in [0.1, 0.15) is 11.6 Å². The highest BCUT2D eigenvalue weighted by Gasteiger charge is 2.29. The van der Waals surface area contributed by atoms with Gasteiger partial charge in [0.05, 0.1) is 34.7 Å². The van der Waals surface area contributed by atoms with Gasteiger partial charge in [0.25, 0.3) is 0 Å². The number of aromatic amines is 1. The molecule has 0 bridgehead atoms. The molecule has 1 N–H and O–H groups in total. The maximum Gasteiger partial charge on any atom is 0.123 e. The molecule has 1 saturated carbocycles. The number of rotatable bonds is 3. The van der Waals surface area contributed by atoms with Crippen molar-refractivity contribution in [2.24, 2.45) is 16.1 Å². The van der Waals surface area contributed by atoms with Crippen LogP contribution in [0.5, 0.6) is 5.75 Å². The number of anilines is 1. The van der Waals surface area contributed by atoms with Crippen LogP contribution in [0, 0.1) is 11.7 Å². The minimum absolute atomic E-state index is 0.149. The third kappa shape index (κ3) is 3.65. The number of halogens is 2. The van der Waals surface area contributed by atoms with Gasteiger partial charge in [-0.3, -0.25) is 0 Å². The van der Waals surface area contributed by atoms with Gasteiger partial charge < -0.3 is 14.6 Å². The molecule has 7 heteroatoms. The number of allylic oxidation sites excluding steroid dienone is 1. The third-order valence-corrected chi connectivity index (χ3v) is 6.43. The Bertz CT molecular complexity index is 1130. The Balaban J connectivity index is 1.39. The van der Waals surface area contributed by atoms with E-state index in [1.165, 1.54) is 23.4 Å². The number of hydrogen-bond donors (Lipinski definition) is 1. The molecule has 3 heterocycles. The summed E-state index contributed by atoms with van der Waals surface area (Å²) in [7, 11) is 2.08. The van der Waals surface area contributed by atoms with E-state index in [1.54, 1.807) is 12.1 Å². The van der Waals surface area contributed by atoms with Gasteiger partial charge in [-0.25, -0.2) is 4.39 Å². The van der Waals surface area contributed by atoms with Crippen molar-refractivity contribution in [2.45, 2.75) is 38.3 Å². The third-order valence-electron chi connectivity index (χ3n) is 6.17. The van der Waals surface area contributed by atoms with Crippen molar-refractivity contribution in [3.8, 4) is 5.75 Å². The first-order valence-corrected chi connectivity index (χ1v) is 10.8. The number of fused-ring (bicyclic) bond motifs is 3. The Morgan fingerprint density at radius 1 is 1.17 bits per heavy atom. The van der Waals surface area contributed by atoms with Crippen LogP contribution in [0.4, 0.5) is 10.1 Å². The van der Waals surface area contributed by atoms with E-state index in [9.17, 15) is 4.39 Å². The second-order valence-corrected chi connectivity index (χ2v) is 8.62. The van der Waals surface area contributed by atoms with E-state index in [0.29, 0.717) is 12.5 Å². The molecule has 0 saturated heterocycles. The molecule has 2 aromatic rings. The molecule has 2 aliphatic heterocycles. The lowest BCUT2D eigenvalue weighted by molar-refractivity contribution is 0.142. The Morgan fingerprint density at radius 2 is 1.93 bits per heavy atom. The monoisotopic (exact) mass is 426 g/mol. The smallest absolute Gasteiger partial charge is 0.123 e. The first-order valence-electron chi connectivity index (χ1n) is 10.4. The molecule has 5 nitrogen and oxygen atoms in total. The van der Waals surface area contributed by atoms with Gasteiger partial charge in [0.15, 0.2) is 0 Å². The summed E-state index contributed by atoms with van der Waals surface area (Å²) in [6.45, 7) is 1.36. The highest BCUT2D eigenvalue weighted by Crippen LogP contribution is 2.34. The van der Waals surface area contributed by atoms with Gasteiger partial charge in [-0.2, -0.15) is 10.2 Å². The molecule has 0 amide bonds. The van der Waals surface area contributed by atoms with Crippen LogP contribution in [0.3, 0.4) is 0 Å². The average molecular weight is 427 g/mol. The number of aromatic nitrogens is 1. The van der Waals surface area contributed by atoms with E-state index >= 15 is 0 Å². The Kier molecular flexibility index (Phi) is 5.11. The number of azo groups is 1. The van der Waals surface area contributed by atoms with Crippen LogP contribution in [0.15, 0.2) is 45.6 Å². The summed E-state index contributed by atoms with van der Waals surface area (Å²) in [5.74, 6) is 0.827. The summed E-state index contributed by atoms with van der Waals surface area (Å²) >= 11 is 6.32. The Hall–Kier alpha value is -2.60. The predicted octanol–water partition coefficient (Wildman–Crippen LogP) is 4.22. The molecule has 1 aromatic heterocycles. The quantitative estimate of drug-likeness (QED) is 0.798. The first kappa shape index (κ1) is 19.4. The molecule has 1 fully saturated rings. The molecule has 0 radical (unpaired) electrons. The topological polar surface area (TPSA) is 53.0 Å². The van der Waals surface area contributed by atoms with E-state index < -0.39 is 0 Å². The summed E-state index contributed by atoms with van der Waals surface area (Å²) in [6.07, 6.45) is 8.02. The minimum atomic E-state index is -0.245. The summed E-state index contributed by atoms with van der Waals surface area (Å²) in [5.41, 5.74) is 3.42. The second kappa shape index (κ2) is 7.91. The van der Waals surface area contributed by atoms with Gasteiger partial charge >= 0.3 is 0 Å². The van der Waals surface area contributed by atoms with Gasteiger partial charge in [-0.1, -0.05) is 11.6 Å². The summed E-state index contributed by atoms with van der Waals surface area (Å²) in [6, 6.07) is 6.25. The first-order chi connectivity index (χ1) is 14.6. The number of nitrogens with zero attached hydrogens (tertiary/aromatic N) is 3. The van der Waals surface area contributed by atoms with E-state index in [-0.39, 0.29) is 11.9 Å². The lowest BCUT2D eigenvalue weighted by atomic mass is 9.84. The zero-order valence-electron chi connectivity index (χ0n) is 16.9. The SMILES string of the molecule is CN1CC=C(Cl)C=c2[nH]c3c(c21)CN=NC=3C1CCC(Oc2ccc(F)cc2)CC1. The number of benzene rings is 1. The van der Waals surface area contributed by atoms with Gasteiger partial charge in [0.2, 0.25) is 0 Å². The van der Waals surface area contributed by atoms with Crippen LogP contribution in [0.1, 0.15) is 31.2 Å². The van der Waals surface area contributed by atoms with Crippen LogP contribution < -0.4 is 20.3 Å². The molecule has 0 spiro atoms. The van der Waals surface area contributed by atoms with Gasteiger partial charge in [0, 0.05) is 30.1 Å². The molecule has 3 aliphatic rings. The minimum Gasteiger partial charge on any atom is -0.490 e. The summed E-state index contributed by atoms with van der Waals surface area (Å²) in [4.78, 5) is 5.79. The molecule has 5 rings (SSSR count). The van der Waals surface area contributed by atoms with Crippen LogP contribution in [0.25, 0.3) is 11.8 Å². The standard InChI is InChI=1S/C23H24ClFN4O/c1-29-11-10-15(24)12-20-23(29)19-13-26-28-21(22(19)27-20)14-2-6-17(7-3-14)30-18-8-4-16(25)5-9-18/h4-5,8-10,12,14,17,27H,2-3,6-7,11,13H2,1H3. The van der Waals surface area contributed by atoms with Crippen LogP contribution in [-0.2, 0) is 6.54 Å². The Labute approximate surface area is 179 Å². The van der Waals surface area contributed by atoms with E-state index in [1.807, 2.05) is 12.2 Å². The van der Waals surface area contributed by atoms with Gasteiger partial charge in [-0.05, 0) is 62.1 Å². The summed E-state index contributed by atoms with van der Waals surface area (Å²) < 4.78 is 19.2. The van der Waals surface area contributed by atoms with Crippen molar-refractivity contribution in [3.05, 3.63) is 57.5 Å². The molecule has 1 aromatic carbocycles. The molecule has 1 aliphatic carbocycles. The lowest BCUT2D eigenvalue weighted by Gasteiger charge is -2.29. The van der Waals surface area contributed by atoms with Crippen LogP contribution >= 0.6 is 11.6 Å². The molecule has 156 valence electrons. The van der Waals surface area contributed by atoms with Crippen molar-refractivity contribution in [1.29, 1.82) is 0 Å². The van der Waals surface area contributed by atoms with Crippen LogP contribution in [-0.4, -0.2) is 24.7 Å². The summed E-state index contributed by atoms with van der Waals surface area (Å²) in [5, 5.41) is 11.9. The largest absolute Gasteiger partial charge is 0.490 e. The molecule has 30 heavy (non-hydrogen) atoms. The fraction of sp³-hybridized carbons (Fsp3) is 0.391. The maximum atomic E-state index is 13.1. The molecule has 0 unspecified atom stereocenters. The second-order valence-electron chi connectivity index (χ2n) is 8.18. The van der Waals surface area contributed by atoms with Crippen molar-refractivity contribution in [1.82, 2.24) is 4.98 Å². The number of H-pyrrole nitrogens is 1. The zero-order valence-corrected chi connectivity index (χ0v) is 17.6. The fourth-order valence-electron chi connectivity index (χ4n) is 4.65. The van der Waals surface area contributed by atoms with Crippen LogP contribution in [0.2, 0.25) is 0 Å². The lowest BCUT2D eigenvalue weighted by Crippen LogP contribution is -2.28. The average Bonchev–Trinajstić information content (AvgIpc) is 3.05. The molecular weight excluding hydrogens is 403 g/mol. The maximum absolute atomic E-state index is 13.1. The predicted molar refractivity (Wildman–Crippen MR) is 116 cm³/mol. The van der Waals surface area contributed by atoms with E-state index in [0.717, 1.165) is 59.4 Å². The normalized spacial score (nSPS) is 23.2. The highest BCUT2D eigenvalue weighted by atomic mass is 35.5. The number of nitrogens with one attached hydrogen (secondary N) is 1. The number of likely N-dealkylation sites (N-methyl/N-ethyl adjacent to an activating group) is 1. The Morgan fingerprint density at radius 3 is 2.70 bits per heavy atom.